The minimum Gasteiger partial charge on any atom is -0.477 e. The first-order valence-corrected chi connectivity index (χ1v) is 12.8. The number of aromatic amines is 2. The number of hydrogen-bond acceptors (Lipinski definition) is 2. The van der Waals surface area contributed by atoms with E-state index in [1.54, 1.807) is 6.20 Å². The van der Waals surface area contributed by atoms with Gasteiger partial charge in [0, 0.05) is 34.8 Å². The van der Waals surface area contributed by atoms with Gasteiger partial charge in [-0.05, 0) is 59.2 Å². The maximum absolute atomic E-state index is 14.6. The quantitative estimate of drug-likeness (QED) is 0.192. The molecule has 0 bridgehead atoms. The summed E-state index contributed by atoms with van der Waals surface area (Å²) < 4.78 is 37.0. The van der Waals surface area contributed by atoms with Crippen molar-refractivity contribution in [2.45, 2.75) is 32.6 Å². The van der Waals surface area contributed by atoms with E-state index in [1.165, 1.54) is 12.1 Å². The van der Waals surface area contributed by atoms with Crippen molar-refractivity contribution >= 4 is 34.2 Å². The van der Waals surface area contributed by atoms with Crippen LogP contribution in [-0.4, -0.2) is 36.4 Å². The van der Waals surface area contributed by atoms with Crippen LogP contribution in [0.25, 0.3) is 39.4 Å². The van der Waals surface area contributed by atoms with Crippen molar-refractivity contribution in [2.75, 3.05) is 6.54 Å². The fourth-order valence-electron chi connectivity index (χ4n) is 5.20. The third-order valence-corrected chi connectivity index (χ3v) is 7.09. The molecule has 0 amide bonds. The van der Waals surface area contributed by atoms with Crippen LogP contribution in [0.2, 0.25) is 0 Å². The number of halogens is 1. The second kappa shape index (κ2) is 9.50. The van der Waals surface area contributed by atoms with Gasteiger partial charge in [0.05, 0.1) is 5.69 Å². The van der Waals surface area contributed by atoms with Crippen molar-refractivity contribution in [1.82, 2.24) is 14.7 Å². The van der Waals surface area contributed by atoms with E-state index in [9.17, 15) is 18.5 Å². The molecule has 1 aliphatic rings. The summed E-state index contributed by atoms with van der Waals surface area (Å²) >= 11 is -2.07. The van der Waals surface area contributed by atoms with E-state index in [2.05, 4.69) is 14.7 Å². The molecule has 2 aromatic heterocycles. The van der Waals surface area contributed by atoms with Crippen LogP contribution in [0.15, 0.2) is 48.2 Å². The summed E-state index contributed by atoms with van der Waals surface area (Å²) in [5, 5.41) is 11.0. The minimum absolute atomic E-state index is 0.0546. The number of hydrogen-bond donors (Lipinski definition) is 5. The van der Waals surface area contributed by atoms with Crippen LogP contribution in [0.3, 0.4) is 0 Å². The number of nitrogens with one attached hydrogen (secondary N) is 3. The highest BCUT2D eigenvalue weighted by Crippen LogP contribution is 2.45. The summed E-state index contributed by atoms with van der Waals surface area (Å²) in [6, 6.07) is 10.6. The van der Waals surface area contributed by atoms with Crippen LogP contribution < -0.4 is 4.72 Å². The normalized spacial score (nSPS) is 13.9. The second-order valence-corrected chi connectivity index (χ2v) is 10.1. The molecule has 0 saturated carbocycles. The van der Waals surface area contributed by atoms with E-state index >= 15 is 0 Å². The smallest absolute Gasteiger partial charge is 0.352 e. The van der Waals surface area contributed by atoms with Crippen molar-refractivity contribution in [3.05, 3.63) is 76.4 Å². The molecule has 186 valence electrons. The Morgan fingerprint density at radius 2 is 2.03 bits per heavy atom. The summed E-state index contributed by atoms with van der Waals surface area (Å²) in [5.41, 5.74) is 7.22. The molecule has 9 heteroatoms. The van der Waals surface area contributed by atoms with Crippen LogP contribution in [0.4, 0.5) is 4.39 Å². The zero-order chi connectivity index (χ0) is 25.6. The summed E-state index contributed by atoms with van der Waals surface area (Å²) in [6.45, 7) is 4.36. The number of fused-ring (bicyclic) bond motifs is 2. The summed E-state index contributed by atoms with van der Waals surface area (Å²) in [4.78, 5) is 18.6. The number of aromatic nitrogens is 2. The molecule has 4 aromatic rings. The first-order chi connectivity index (χ1) is 17.2. The number of aromatic carboxylic acids is 1. The van der Waals surface area contributed by atoms with E-state index in [0.717, 1.165) is 33.2 Å². The highest BCUT2D eigenvalue weighted by Gasteiger charge is 2.29. The van der Waals surface area contributed by atoms with Crippen LogP contribution in [0, 0.1) is 5.82 Å². The maximum Gasteiger partial charge on any atom is 0.352 e. The SMILES string of the molecule is CC(C)c1c(-c2cc(F)cc3[nH]ccc23)[nH]c(C(=O)O)c1-c1cccc2c1C=C(CCNS(=O)O)C2. The van der Waals surface area contributed by atoms with Crippen molar-refractivity contribution in [3.8, 4) is 22.4 Å². The Balaban J connectivity index is 1.71. The molecule has 0 saturated heterocycles. The lowest BCUT2D eigenvalue weighted by molar-refractivity contribution is 0.0692. The van der Waals surface area contributed by atoms with Gasteiger partial charge < -0.3 is 15.1 Å². The third-order valence-electron chi connectivity index (χ3n) is 6.64. The van der Waals surface area contributed by atoms with Gasteiger partial charge in [-0.25, -0.2) is 18.1 Å². The van der Waals surface area contributed by atoms with Gasteiger partial charge in [-0.2, -0.15) is 0 Å². The van der Waals surface area contributed by atoms with Crippen molar-refractivity contribution in [2.24, 2.45) is 0 Å². The lowest BCUT2D eigenvalue weighted by Gasteiger charge is -2.15. The number of carboxylic acids is 1. The van der Waals surface area contributed by atoms with Crippen molar-refractivity contribution in [1.29, 1.82) is 0 Å². The average Bonchev–Trinajstić information content (AvgIpc) is 3.53. The zero-order valence-corrected chi connectivity index (χ0v) is 20.6. The maximum atomic E-state index is 14.6. The number of benzene rings is 2. The number of H-pyrrole nitrogens is 2. The van der Waals surface area contributed by atoms with E-state index < -0.39 is 23.1 Å². The van der Waals surface area contributed by atoms with Gasteiger partial charge in [0.1, 0.15) is 11.5 Å². The highest BCUT2D eigenvalue weighted by atomic mass is 32.2. The molecular formula is C27H26FN3O4S. The standard InChI is InChI=1S/C27H26FN3O4S/c1-14(2)23-24(19-5-3-4-16-10-15(11-20(16)19)6-9-30-36(34)35)26(27(32)33)31-25(23)21-12-17(28)13-22-18(21)7-8-29-22/h3-5,7-8,11-14,29-31H,6,9-10H2,1-2H3,(H,32,33)(H,34,35). The first-order valence-electron chi connectivity index (χ1n) is 11.7. The minimum atomic E-state index is -2.07. The molecule has 1 unspecified atom stereocenters. The molecule has 0 fully saturated rings. The lowest BCUT2D eigenvalue weighted by Crippen LogP contribution is -2.17. The first kappa shape index (κ1) is 24.2. The molecule has 1 aliphatic carbocycles. The molecule has 0 spiro atoms. The summed E-state index contributed by atoms with van der Waals surface area (Å²) in [7, 11) is 0. The Morgan fingerprint density at radius 1 is 1.22 bits per heavy atom. The van der Waals surface area contributed by atoms with E-state index in [4.69, 9.17) is 4.55 Å². The van der Waals surface area contributed by atoms with Gasteiger partial charge in [0.15, 0.2) is 0 Å². The predicted molar refractivity (Wildman–Crippen MR) is 140 cm³/mol. The van der Waals surface area contributed by atoms with Gasteiger partial charge in [-0.3, -0.25) is 4.55 Å². The molecule has 7 nitrogen and oxygen atoms in total. The predicted octanol–water partition coefficient (Wildman–Crippen LogP) is 5.85. The van der Waals surface area contributed by atoms with Crippen LogP contribution in [0.5, 0.6) is 0 Å². The average molecular weight is 508 g/mol. The number of carboxylic acid groups (broad SMARTS) is 1. The molecule has 5 N–H and O–H groups in total. The second-order valence-electron chi connectivity index (χ2n) is 9.27. The summed E-state index contributed by atoms with van der Waals surface area (Å²) in [5.74, 6) is -1.55. The van der Waals surface area contributed by atoms with Gasteiger partial charge in [0.25, 0.3) is 0 Å². The van der Waals surface area contributed by atoms with Gasteiger partial charge in [0.2, 0.25) is 11.3 Å². The van der Waals surface area contributed by atoms with Gasteiger partial charge >= 0.3 is 5.97 Å². The molecular weight excluding hydrogens is 481 g/mol. The Morgan fingerprint density at radius 3 is 2.75 bits per heavy atom. The monoisotopic (exact) mass is 507 g/mol. The molecule has 0 aliphatic heterocycles. The van der Waals surface area contributed by atoms with Crippen molar-refractivity contribution < 1.29 is 23.1 Å². The van der Waals surface area contributed by atoms with Crippen molar-refractivity contribution in [3.63, 3.8) is 0 Å². The molecule has 2 aromatic carbocycles. The molecule has 1 atom stereocenters. The highest BCUT2D eigenvalue weighted by molar-refractivity contribution is 7.77. The molecule has 5 rings (SSSR count). The Kier molecular flexibility index (Phi) is 6.38. The van der Waals surface area contributed by atoms with E-state index in [1.807, 2.05) is 44.2 Å². The van der Waals surface area contributed by atoms with E-state index in [-0.39, 0.29) is 11.6 Å². The number of carbonyl (C=O) groups is 1. The van der Waals surface area contributed by atoms with Gasteiger partial charge in [-0.15, -0.1) is 0 Å². The molecule has 2 heterocycles. The molecule has 36 heavy (non-hydrogen) atoms. The third kappa shape index (κ3) is 4.30. The fourth-order valence-corrected chi connectivity index (χ4v) is 5.47. The fraction of sp³-hybridized carbons (Fsp3) is 0.222. The summed E-state index contributed by atoms with van der Waals surface area (Å²) in [6.07, 6.45) is 5.06. The Labute approximate surface area is 209 Å². The zero-order valence-electron chi connectivity index (χ0n) is 19.8. The van der Waals surface area contributed by atoms with Crippen LogP contribution in [0.1, 0.15) is 53.4 Å². The van der Waals surface area contributed by atoms with Crippen LogP contribution in [-0.2, 0) is 17.7 Å². The Hall–Kier alpha value is -3.53. The molecule has 0 radical (unpaired) electrons. The van der Waals surface area contributed by atoms with Crippen LogP contribution >= 0.6 is 0 Å². The Bertz CT molecular complexity index is 1550. The van der Waals surface area contributed by atoms with Gasteiger partial charge in [-0.1, -0.05) is 43.7 Å². The number of rotatable bonds is 8. The topological polar surface area (TPSA) is 118 Å². The van der Waals surface area contributed by atoms with E-state index in [0.29, 0.717) is 41.7 Å². The lowest BCUT2D eigenvalue weighted by atomic mass is 9.87. The largest absolute Gasteiger partial charge is 0.477 e.